The Morgan fingerprint density at radius 1 is 1.23 bits per heavy atom. The molecule has 2 aliphatic heterocycles. The molecule has 0 saturated carbocycles. The van der Waals surface area contributed by atoms with E-state index in [4.69, 9.17) is 4.74 Å². The third kappa shape index (κ3) is 4.32. The number of allylic oxidation sites excluding steroid dienone is 1. The summed E-state index contributed by atoms with van der Waals surface area (Å²) in [6, 6.07) is 4.78. The van der Waals surface area contributed by atoms with Crippen molar-refractivity contribution in [3.8, 4) is 5.75 Å². The minimum Gasteiger partial charge on any atom is -0.403 e. The first-order chi connectivity index (χ1) is 14.8. The van der Waals surface area contributed by atoms with E-state index in [-0.39, 0.29) is 6.61 Å². The molecule has 1 aromatic carbocycles. The maximum absolute atomic E-state index is 14.3. The first-order valence-electron chi connectivity index (χ1n) is 9.32. The van der Waals surface area contributed by atoms with Crippen LogP contribution >= 0.6 is 0 Å². The van der Waals surface area contributed by atoms with Crippen LogP contribution in [0, 0.1) is 5.82 Å². The van der Waals surface area contributed by atoms with Gasteiger partial charge >= 0.3 is 6.36 Å². The number of halogens is 4. The molecule has 0 fully saturated rings. The number of benzene rings is 1. The molecule has 164 valence electrons. The molecule has 0 amide bonds. The van der Waals surface area contributed by atoms with Crippen LogP contribution in [0.4, 0.5) is 17.6 Å². The smallest absolute Gasteiger partial charge is 0.403 e. The second-order valence-corrected chi connectivity index (χ2v) is 6.89. The summed E-state index contributed by atoms with van der Waals surface area (Å²) < 4.78 is 62.3. The van der Waals surface area contributed by atoms with Crippen LogP contribution in [0.25, 0.3) is 0 Å². The van der Waals surface area contributed by atoms with Gasteiger partial charge in [-0.3, -0.25) is 9.69 Å². The van der Waals surface area contributed by atoms with Crippen molar-refractivity contribution in [2.45, 2.75) is 12.4 Å². The Balaban J connectivity index is 1.57. The number of alkyl halides is 3. The third-order valence-electron chi connectivity index (χ3n) is 4.92. The molecule has 2 aromatic rings. The molecular weight excluding hydrogens is 418 g/mol. The minimum atomic E-state index is -4.97. The fourth-order valence-electron chi connectivity index (χ4n) is 3.54. The average molecular weight is 437 g/mol. The number of rotatable bonds is 6. The van der Waals surface area contributed by atoms with Crippen LogP contribution in [-0.2, 0) is 11.8 Å². The molecular formula is C20H19F4N5O2. The van der Waals surface area contributed by atoms with Gasteiger partial charge in [0.15, 0.2) is 11.6 Å². The van der Waals surface area contributed by atoms with Gasteiger partial charge < -0.3 is 9.47 Å². The number of ether oxygens (including phenoxy) is 2. The lowest BCUT2D eigenvalue weighted by atomic mass is 10.1. The predicted octanol–water partition coefficient (Wildman–Crippen LogP) is 3.54. The second-order valence-electron chi connectivity index (χ2n) is 6.89. The van der Waals surface area contributed by atoms with E-state index in [1.54, 1.807) is 10.9 Å². The number of aromatic nitrogens is 2. The van der Waals surface area contributed by atoms with E-state index in [0.29, 0.717) is 17.9 Å². The molecule has 31 heavy (non-hydrogen) atoms. The van der Waals surface area contributed by atoms with E-state index in [9.17, 15) is 17.6 Å². The molecule has 4 rings (SSSR count). The van der Waals surface area contributed by atoms with Gasteiger partial charge in [-0.1, -0.05) is 6.07 Å². The van der Waals surface area contributed by atoms with E-state index >= 15 is 0 Å². The monoisotopic (exact) mass is 437 g/mol. The van der Waals surface area contributed by atoms with Crippen LogP contribution in [0.3, 0.4) is 0 Å². The largest absolute Gasteiger partial charge is 0.573 e. The van der Waals surface area contributed by atoms with Crippen molar-refractivity contribution in [2.24, 2.45) is 12.0 Å². The van der Waals surface area contributed by atoms with Crippen molar-refractivity contribution in [3.63, 3.8) is 0 Å². The molecule has 1 aromatic heterocycles. The Bertz CT molecular complexity index is 1060. The number of aryl methyl sites for hydroxylation is 1. The van der Waals surface area contributed by atoms with E-state index < -0.39 is 24.0 Å². The number of hydrogen-bond donors (Lipinski definition) is 0. The number of hydrogen-bond acceptors (Lipinski definition) is 6. The van der Waals surface area contributed by atoms with Gasteiger partial charge in [0.1, 0.15) is 5.82 Å². The lowest BCUT2D eigenvalue weighted by molar-refractivity contribution is -0.275. The fraction of sp³-hybridized carbons (Fsp3) is 0.300. The number of hydrazine groups is 1. The van der Waals surface area contributed by atoms with Crippen LogP contribution in [0.2, 0.25) is 0 Å². The van der Waals surface area contributed by atoms with Crippen LogP contribution < -0.4 is 4.74 Å². The summed E-state index contributed by atoms with van der Waals surface area (Å²) >= 11 is 0. The highest BCUT2D eigenvalue weighted by Gasteiger charge is 2.34. The van der Waals surface area contributed by atoms with Crippen LogP contribution in [-0.4, -0.2) is 52.1 Å². The SMILES string of the molecule is COCC(c1ccc(OC(F)(F)F)c(F)c1)N1CC=C2N=C(c3ccnn3C)C=CN21. The standard InChI is InChI=1S/C20H19F4N5O2/c1-27-16(5-8-25-27)15-6-9-29-19(26-15)7-10-28(29)17(12-30-2)13-3-4-18(14(21)11-13)31-20(22,23)24/h3-9,11,17H,10,12H2,1-2H3. The van der Waals surface area contributed by atoms with Gasteiger partial charge in [-0.05, 0) is 35.9 Å². The molecule has 0 N–H and O–H groups in total. The van der Waals surface area contributed by atoms with Gasteiger partial charge in [0, 0.05) is 33.1 Å². The number of fused-ring (bicyclic) bond motifs is 1. The Morgan fingerprint density at radius 3 is 2.68 bits per heavy atom. The zero-order chi connectivity index (χ0) is 22.2. The number of aliphatic imine (C=N–C) groups is 1. The molecule has 0 spiro atoms. The highest BCUT2D eigenvalue weighted by atomic mass is 19.4. The van der Waals surface area contributed by atoms with Crippen molar-refractivity contribution in [2.75, 3.05) is 20.3 Å². The Kier molecular flexibility index (Phi) is 5.54. The quantitative estimate of drug-likeness (QED) is 0.648. The van der Waals surface area contributed by atoms with E-state index in [1.165, 1.54) is 13.2 Å². The lowest BCUT2D eigenvalue weighted by Gasteiger charge is -2.36. The van der Waals surface area contributed by atoms with Crippen molar-refractivity contribution in [1.29, 1.82) is 0 Å². The van der Waals surface area contributed by atoms with Crippen molar-refractivity contribution in [3.05, 3.63) is 71.7 Å². The third-order valence-corrected chi connectivity index (χ3v) is 4.92. The molecule has 3 heterocycles. The fourth-order valence-corrected chi connectivity index (χ4v) is 3.54. The minimum absolute atomic E-state index is 0.183. The first kappa shape index (κ1) is 21.1. The summed E-state index contributed by atoms with van der Waals surface area (Å²) in [5, 5.41) is 7.84. The normalized spacial score (nSPS) is 17.4. The molecule has 0 bridgehead atoms. The molecule has 7 nitrogen and oxygen atoms in total. The molecule has 0 radical (unpaired) electrons. The highest BCUT2D eigenvalue weighted by molar-refractivity contribution is 6.08. The molecule has 2 aliphatic rings. The van der Waals surface area contributed by atoms with Gasteiger partial charge in [0.25, 0.3) is 0 Å². The van der Waals surface area contributed by atoms with Crippen molar-refractivity contribution >= 4 is 5.71 Å². The summed E-state index contributed by atoms with van der Waals surface area (Å²) in [5.74, 6) is -1.30. The summed E-state index contributed by atoms with van der Waals surface area (Å²) in [4.78, 5) is 4.66. The topological polar surface area (TPSA) is 55.1 Å². The number of methoxy groups -OCH3 is 1. The average Bonchev–Trinajstić information content (AvgIpc) is 3.32. The molecule has 0 aliphatic carbocycles. The van der Waals surface area contributed by atoms with Gasteiger partial charge in [0.05, 0.1) is 24.1 Å². The summed E-state index contributed by atoms with van der Waals surface area (Å²) in [6.45, 7) is 0.640. The molecule has 0 saturated heterocycles. The van der Waals surface area contributed by atoms with Gasteiger partial charge in [-0.2, -0.15) is 5.10 Å². The van der Waals surface area contributed by atoms with Gasteiger partial charge in [-0.25, -0.2) is 14.4 Å². The zero-order valence-electron chi connectivity index (χ0n) is 16.7. The van der Waals surface area contributed by atoms with E-state index in [1.807, 2.05) is 41.5 Å². The Morgan fingerprint density at radius 2 is 2.03 bits per heavy atom. The summed E-state index contributed by atoms with van der Waals surface area (Å²) in [5.41, 5.74) is 2.04. The van der Waals surface area contributed by atoms with E-state index in [2.05, 4.69) is 14.8 Å². The Labute approximate surface area is 175 Å². The first-order valence-corrected chi connectivity index (χ1v) is 9.32. The van der Waals surface area contributed by atoms with Crippen LogP contribution in [0.15, 0.2) is 59.6 Å². The van der Waals surface area contributed by atoms with Crippen molar-refractivity contribution < 1.29 is 27.0 Å². The lowest BCUT2D eigenvalue weighted by Crippen LogP contribution is -2.39. The Hall–Kier alpha value is -3.18. The number of nitrogens with zero attached hydrogens (tertiary/aromatic N) is 5. The van der Waals surface area contributed by atoms with Gasteiger partial charge in [0.2, 0.25) is 0 Å². The predicted molar refractivity (Wildman–Crippen MR) is 103 cm³/mol. The van der Waals surface area contributed by atoms with Crippen LogP contribution in [0.5, 0.6) is 5.75 Å². The van der Waals surface area contributed by atoms with Gasteiger partial charge in [-0.15, -0.1) is 13.2 Å². The maximum atomic E-state index is 14.3. The van der Waals surface area contributed by atoms with Crippen molar-refractivity contribution in [1.82, 2.24) is 19.8 Å². The summed E-state index contributed by atoms with van der Waals surface area (Å²) in [7, 11) is 3.32. The zero-order valence-corrected chi connectivity index (χ0v) is 16.7. The molecule has 1 unspecified atom stereocenters. The van der Waals surface area contributed by atoms with Crippen LogP contribution in [0.1, 0.15) is 17.3 Å². The van der Waals surface area contributed by atoms with E-state index in [0.717, 1.165) is 23.5 Å². The molecule has 11 heteroatoms. The maximum Gasteiger partial charge on any atom is 0.573 e. The highest BCUT2D eigenvalue weighted by Crippen LogP contribution is 2.34. The summed E-state index contributed by atoms with van der Waals surface area (Å²) in [6.07, 6.45) is 2.28. The molecule has 1 atom stereocenters. The second kappa shape index (κ2) is 8.16.